The second-order valence-corrected chi connectivity index (χ2v) is 7.75. The molecule has 1 fully saturated rings. The van der Waals surface area contributed by atoms with Gasteiger partial charge in [0.2, 0.25) is 5.91 Å². The third-order valence-electron chi connectivity index (χ3n) is 4.59. The molecule has 10 heteroatoms. The molecule has 1 amide bonds. The van der Waals surface area contributed by atoms with Gasteiger partial charge in [-0.25, -0.2) is 4.98 Å². The molecule has 1 saturated heterocycles. The number of aromatic nitrogens is 2. The van der Waals surface area contributed by atoms with Gasteiger partial charge in [-0.2, -0.15) is 0 Å². The van der Waals surface area contributed by atoms with Crippen molar-refractivity contribution in [2.75, 3.05) is 6.26 Å². The van der Waals surface area contributed by atoms with E-state index in [-0.39, 0.29) is 47.2 Å². The van der Waals surface area contributed by atoms with E-state index in [1.165, 1.54) is 28.0 Å². The van der Waals surface area contributed by atoms with E-state index in [9.17, 15) is 19.8 Å². The number of carboxylic acid groups (broad SMARTS) is 1. The number of fused-ring (bicyclic) bond motifs is 2. The number of imidazole rings is 1. The summed E-state index contributed by atoms with van der Waals surface area (Å²) in [6.45, 7) is 1.56. The molecule has 0 aliphatic carbocycles. The molecule has 0 spiro atoms. The zero-order valence-electron chi connectivity index (χ0n) is 13.9. The van der Waals surface area contributed by atoms with Crippen LogP contribution in [0.1, 0.15) is 18.2 Å². The monoisotopic (exact) mass is 387 g/mol. The molecular weight excluding hydrogens is 373 g/mol. The second kappa shape index (κ2) is 6.71. The summed E-state index contributed by atoms with van der Waals surface area (Å²) >= 11 is 2.97. The van der Waals surface area contributed by atoms with Crippen molar-refractivity contribution in [3.05, 3.63) is 23.1 Å². The Bertz CT molecular complexity index is 904. The number of nitrogens with zero attached hydrogens (tertiary/aromatic N) is 3. The summed E-state index contributed by atoms with van der Waals surface area (Å²) < 4.78 is 1.86. The van der Waals surface area contributed by atoms with Gasteiger partial charge in [0.15, 0.2) is 0 Å². The van der Waals surface area contributed by atoms with Crippen molar-refractivity contribution in [1.82, 2.24) is 14.3 Å². The number of β-lactam (4-membered cyclic amide) rings is 1. The summed E-state index contributed by atoms with van der Waals surface area (Å²) in [5.74, 6) is -2.25. The van der Waals surface area contributed by atoms with Gasteiger partial charge < -0.3 is 19.9 Å². The molecule has 0 aromatic carbocycles. The molecule has 126 valence electrons. The maximum atomic E-state index is 12.2. The zero-order valence-corrected chi connectivity index (χ0v) is 17.6. The first-order chi connectivity index (χ1) is 11.4. The van der Waals surface area contributed by atoms with E-state index in [4.69, 9.17) is 0 Å². The third kappa shape index (κ3) is 2.68. The predicted molar refractivity (Wildman–Crippen MR) is 87.2 cm³/mol. The van der Waals surface area contributed by atoms with Crippen LogP contribution < -0.4 is 34.7 Å². The molecule has 0 saturated carbocycles. The Morgan fingerprint density at radius 1 is 1.56 bits per heavy atom. The number of aliphatic carboxylic acids is 1. The van der Waals surface area contributed by atoms with Crippen molar-refractivity contribution in [2.45, 2.75) is 30.5 Å². The number of carbonyl (C=O) groups is 2. The van der Waals surface area contributed by atoms with E-state index in [1.807, 2.05) is 16.9 Å². The van der Waals surface area contributed by atoms with Gasteiger partial charge in [0.1, 0.15) is 16.2 Å². The largest absolute Gasteiger partial charge is 1.00 e. The van der Waals surface area contributed by atoms with Gasteiger partial charge in [-0.05, 0) is 25.2 Å². The first-order valence-corrected chi connectivity index (χ1v) is 9.44. The van der Waals surface area contributed by atoms with Gasteiger partial charge in [-0.15, -0.1) is 23.1 Å². The van der Waals surface area contributed by atoms with Crippen LogP contribution in [-0.2, 0) is 9.59 Å². The summed E-state index contributed by atoms with van der Waals surface area (Å²) in [6.07, 6.45) is 5.07. The zero-order chi connectivity index (χ0) is 17.2. The van der Waals surface area contributed by atoms with Gasteiger partial charge in [0.25, 0.3) is 0 Å². The number of hydrogen-bond donors (Lipinski definition) is 1. The molecule has 2 aliphatic heterocycles. The van der Waals surface area contributed by atoms with Crippen molar-refractivity contribution in [1.29, 1.82) is 0 Å². The van der Waals surface area contributed by atoms with Crippen LogP contribution in [0.3, 0.4) is 0 Å². The van der Waals surface area contributed by atoms with Gasteiger partial charge in [0.05, 0.1) is 34.6 Å². The van der Waals surface area contributed by atoms with Crippen LogP contribution in [0, 0.1) is 5.92 Å². The van der Waals surface area contributed by atoms with Crippen LogP contribution in [0.5, 0.6) is 0 Å². The number of aliphatic hydroxyl groups is 1. The molecule has 0 radical (unpaired) electrons. The Hall–Kier alpha value is -0.840. The van der Waals surface area contributed by atoms with E-state index in [0.29, 0.717) is 12.0 Å². The number of carboxylic acids is 1. The molecule has 0 unspecified atom stereocenters. The molecule has 2 aromatic rings. The molecule has 2 aliphatic rings. The summed E-state index contributed by atoms with van der Waals surface area (Å²) in [6, 6.07) is -0.306. The number of amides is 1. The quantitative estimate of drug-likeness (QED) is 0.346. The molecule has 0 bridgehead atoms. The number of thioether (sulfide) groups is 1. The van der Waals surface area contributed by atoms with Crippen molar-refractivity contribution in [2.24, 2.45) is 5.92 Å². The molecule has 3 atom stereocenters. The average Bonchev–Trinajstić information content (AvgIpc) is 3.15. The van der Waals surface area contributed by atoms with E-state index >= 15 is 0 Å². The van der Waals surface area contributed by atoms with Crippen LogP contribution in [0.25, 0.3) is 10.4 Å². The number of aliphatic hydroxyl groups excluding tert-OH is 1. The summed E-state index contributed by atoms with van der Waals surface area (Å²) in [4.78, 5) is 31.1. The Morgan fingerprint density at radius 3 is 2.88 bits per heavy atom. The van der Waals surface area contributed by atoms with Gasteiger partial charge >= 0.3 is 29.6 Å². The van der Waals surface area contributed by atoms with Crippen LogP contribution in [-0.4, -0.2) is 49.7 Å². The molecule has 1 N–H and O–H groups in total. The molecule has 4 heterocycles. The first-order valence-electron chi connectivity index (χ1n) is 7.40. The topological polar surface area (TPSA) is 98.0 Å². The number of carbonyl (C=O) groups excluding carboxylic acids is 2. The Balaban J connectivity index is 0.00000182. The molecule has 2 aromatic heterocycles. The fourth-order valence-electron chi connectivity index (χ4n) is 3.54. The van der Waals surface area contributed by atoms with E-state index in [0.717, 1.165) is 14.7 Å². The molecular formula is C15H14N3NaO4S2. The molecule has 25 heavy (non-hydrogen) atoms. The standard InChI is InChI=1S/C15H15N3O4S2.Na/c1-6(19)10-8-3-7(11(15(21)22)18(8)13(10)20)9-4-17-5-16-12(23-2)14(17)24-9;/h4-6,8,10,19H,3H2,1-2H3,(H,21,22);/q;+1/p-1/t6-,8-,10-;/m1./s1. The van der Waals surface area contributed by atoms with Crippen molar-refractivity contribution in [3.63, 3.8) is 0 Å². The SMILES string of the molecule is CSc1ncn2cc(C3=C(C(=O)[O-])N4C(=O)[C@H]([C@@H](C)O)[C@H]4C3)sc12.[Na+]. The van der Waals surface area contributed by atoms with Crippen LogP contribution >= 0.6 is 23.1 Å². The van der Waals surface area contributed by atoms with E-state index in [2.05, 4.69) is 4.98 Å². The summed E-state index contributed by atoms with van der Waals surface area (Å²) in [7, 11) is 0. The minimum absolute atomic E-state index is 0. The first kappa shape index (κ1) is 18.9. The summed E-state index contributed by atoms with van der Waals surface area (Å²) in [5, 5.41) is 22.3. The van der Waals surface area contributed by atoms with Crippen LogP contribution in [0.2, 0.25) is 0 Å². The maximum Gasteiger partial charge on any atom is 1.00 e. The fraction of sp³-hybridized carbons (Fsp3) is 0.400. The smallest absolute Gasteiger partial charge is 0.543 e. The van der Waals surface area contributed by atoms with E-state index < -0.39 is 18.0 Å². The number of hydrogen-bond acceptors (Lipinski definition) is 7. The Morgan fingerprint density at radius 2 is 2.28 bits per heavy atom. The van der Waals surface area contributed by atoms with E-state index in [1.54, 1.807) is 13.3 Å². The average molecular weight is 387 g/mol. The number of thiazole rings is 1. The Labute approximate surface area is 174 Å². The third-order valence-corrected chi connectivity index (χ3v) is 6.58. The predicted octanol–water partition coefficient (Wildman–Crippen LogP) is -2.81. The van der Waals surface area contributed by atoms with Crippen LogP contribution in [0.4, 0.5) is 0 Å². The van der Waals surface area contributed by atoms with Crippen molar-refractivity contribution < 1.29 is 49.4 Å². The fourth-order valence-corrected chi connectivity index (χ4v) is 5.37. The normalized spacial score (nSPS) is 23.5. The maximum absolute atomic E-state index is 12.2. The second-order valence-electron chi connectivity index (χ2n) is 5.92. The Kier molecular flexibility index (Phi) is 5.08. The van der Waals surface area contributed by atoms with Gasteiger partial charge in [-0.3, -0.25) is 9.20 Å². The van der Waals surface area contributed by atoms with Gasteiger partial charge in [-0.1, -0.05) is 0 Å². The molecule has 4 rings (SSSR count). The molecule has 7 nitrogen and oxygen atoms in total. The summed E-state index contributed by atoms with van der Waals surface area (Å²) in [5.41, 5.74) is 0.530. The van der Waals surface area contributed by atoms with Crippen molar-refractivity contribution >= 4 is 45.4 Å². The minimum Gasteiger partial charge on any atom is -0.543 e. The minimum atomic E-state index is -1.36. The van der Waals surface area contributed by atoms with Crippen molar-refractivity contribution in [3.8, 4) is 0 Å². The van der Waals surface area contributed by atoms with Gasteiger partial charge in [0, 0.05) is 6.20 Å². The number of rotatable bonds is 4. The van der Waals surface area contributed by atoms with Crippen LogP contribution in [0.15, 0.2) is 23.2 Å².